The molecule has 1 saturated carbocycles. The van der Waals surface area contributed by atoms with Crippen LogP contribution in [0, 0.1) is 12.7 Å². The van der Waals surface area contributed by atoms with Crippen molar-refractivity contribution in [1.82, 2.24) is 30.4 Å². The standard InChI is InChI=1S/C26H27FN6O4/c1-17-8-13-22(37-17)25-29-31-33(30-25)16-23(34)32(15-18-9-11-19(27)12-10-18)24(21-7-4-14-36-21)26(35)28-20-5-2-3-6-20/h4,7-14,20,24H,2-3,5-6,15-16H2,1H3,(H,28,35)/t24-/m0/s1. The van der Waals surface area contributed by atoms with Crippen LogP contribution in [-0.2, 0) is 22.7 Å². The van der Waals surface area contributed by atoms with Crippen LogP contribution in [-0.4, -0.2) is 43.0 Å². The summed E-state index contributed by atoms with van der Waals surface area (Å²) in [5.74, 6) is 0.529. The third-order valence-corrected chi connectivity index (χ3v) is 6.35. The highest BCUT2D eigenvalue weighted by atomic mass is 19.1. The molecule has 1 aliphatic rings. The summed E-state index contributed by atoms with van der Waals surface area (Å²) in [6, 6.07) is 11.6. The van der Waals surface area contributed by atoms with E-state index in [1.54, 1.807) is 43.3 Å². The molecule has 4 aromatic rings. The lowest BCUT2D eigenvalue weighted by molar-refractivity contribution is -0.143. The van der Waals surface area contributed by atoms with Gasteiger partial charge in [0.15, 0.2) is 11.8 Å². The molecule has 1 N–H and O–H groups in total. The third-order valence-electron chi connectivity index (χ3n) is 6.35. The molecule has 2 amide bonds. The van der Waals surface area contributed by atoms with Gasteiger partial charge in [-0.1, -0.05) is 25.0 Å². The number of rotatable bonds is 9. The van der Waals surface area contributed by atoms with Crippen LogP contribution in [0.3, 0.4) is 0 Å². The molecule has 1 aromatic carbocycles. The van der Waals surface area contributed by atoms with Gasteiger partial charge in [0.25, 0.3) is 5.91 Å². The van der Waals surface area contributed by atoms with Gasteiger partial charge in [-0.05, 0) is 66.9 Å². The van der Waals surface area contributed by atoms with Crippen LogP contribution >= 0.6 is 0 Å². The van der Waals surface area contributed by atoms with Crippen molar-refractivity contribution in [3.63, 3.8) is 0 Å². The van der Waals surface area contributed by atoms with Crippen LogP contribution in [0.2, 0.25) is 0 Å². The van der Waals surface area contributed by atoms with Gasteiger partial charge in [0, 0.05) is 12.6 Å². The Kier molecular flexibility index (Phi) is 7.11. The van der Waals surface area contributed by atoms with E-state index in [-0.39, 0.29) is 30.9 Å². The second kappa shape index (κ2) is 10.8. The molecule has 1 aliphatic carbocycles. The lowest BCUT2D eigenvalue weighted by Gasteiger charge is -2.30. The molecule has 10 nitrogen and oxygen atoms in total. The smallest absolute Gasteiger partial charge is 0.250 e. The zero-order chi connectivity index (χ0) is 25.8. The molecular weight excluding hydrogens is 479 g/mol. The third kappa shape index (κ3) is 5.76. The Balaban J connectivity index is 1.43. The Morgan fingerprint density at radius 3 is 2.62 bits per heavy atom. The minimum atomic E-state index is -1.04. The fraction of sp³-hybridized carbons (Fsp3) is 0.346. The quantitative estimate of drug-likeness (QED) is 0.367. The fourth-order valence-corrected chi connectivity index (χ4v) is 4.51. The number of halogens is 1. The maximum atomic E-state index is 13.7. The van der Waals surface area contributed by atoms with E-state index in [1.165, 1.54) is 23.3 Å². The van der Waals surface area contributed by atoms with Crippen molar-refractivity contribution in [2.75, 3.05) is 0 Å². The monoisotopic (exact) mass is 506 g/mol. The first-order chi connectivity index (χ1) is 18.0. The Morgan fingerprint density at radius 1 is 1.16 bits per heavy atom. The van der Waals surface area contributed by atoms with E-state index in [4.69, 9.17) is 8.83 Å². The van der Waals surface area contributed by atoms with Gasteiger partial charge in [-0.15, -0.1) is 10.2 Å². The zero-order valence-corrected chi connectivity index (χ0v) is 20.3. The molecule has 0 bridgehead atoms. The van der Waals surface area contributed by atoms with Gasteiger partial charge < -0.3 is 19.1 Å². The predicted molar refractivity (Wildman–Crippen MR) is 129 cm³/mol. The maximum absolute atomic E-state index is 13.7. The van der Waals surface area contributed by atoms with Gasteiger partial charge in [0.05, 0.1) is 6.26 Å². The number of aryl methyl sites for hydroxylation is 1. The highest BCUT2D eigenvalue weighted by Crippen LogP contribution is 2.27. The van der Waals surface area contributed by atoms with Crippen LogP contribution in [0.5, 0.6) is 0 Å². The van der Waals surface area contributed by atoms with Crippen LogP contribution in [0.25, 0.3) is 11.6 Å². The Hall–Kier alpha value is -4.28. The van der Waals surface area contributed by atoms with Gasteiger partial charge in [0.1, 0.15) is 23.9 Å². The lowest BCUT2D eigenvalue weighted by Crippen LogP contribution is -2.46. The number of aromatic nitrogens is 4. The van der Waals surface area contributed by atoms with E-state index >= 15 is 0 Å². The minimum Gasteiger partial charge on any atom is -0.467 e. The molecule has 37 heavy (non-hydrogen) atoms. The molecule has 1 atom stereocenters. The largest absolute Gasteiger partial charge is 0.467 e. The van der Waals surface area contributed by atoms with Crippen LogP contribution < -0.4 is 5.32 Å². The number of nitrogens with zero attached hydrogens (tertiary/aromatic N) is 5. The van der Waals surface area contributed by atoms with Gasteiger partial charge in [-0.2, -0.15) is 4.80 Å². The van der Waals surface area contributed by atoms with E-state index in [1.807, 2.05) is 0 Å². The second-order valence-corrected chi connectivity index (χ2v) is 9.11. The summed E-state index contributed by atoms with van der Waals surface area (Å²) in [5, 5.41) is 15.3. The van der Waals surface area contributed by atoms with Crippen molar-refractivity contribution in [3.05, 3.63) is 77.7 Å². The zero-order valence-electron chi connectivity index (χ0n) is 20.3. The lowest BCUT2D eigenvalue weighted by atomic mass is 10.1. The number of hydrogen-bond acceptors (Lipinski definition) is 7. The molecule has 1 fully saturated rings. The summed E-state index contributed by atoms with van der Waals surface area (Å²) in [6.45, 7) is 1.57. The highest BCUT2D eigenvalue weighted by Gasteiger charge is 2.35. The molecule has 192 valence electrons. The molecule has 3 aromatic heterocycles. The Bertz CT molecular complexity index is 1340. The van der Waals surface area contributed by atoms with Crippen molar-refractivity contribution >= 4 is 11.8 Å². The molecule has 11 heteroatoms. The van der Waals surface area contributed by atoms with Gasteiger partial charge >= 0.3 is 0 Å². The van der Waals surface area contributed by atoms with Gasteiger partial charge in [-0.3, -0.25) is 9.59 Å². The molecule has 0 spiro atoms. The van der Waals surface area contributed by atoms with Crippen molar-refractivity contribution in [1.29, 1.82) is 0 Å². The van der Waals surface area contributed by atoms with E-state index in [0.29, 0.717) is 22.8 Å². The number of carbonyl (C=O) groups excluding carboxylic acids is 2. The average molecular weight is 507 g/mol. The maximum Gasteiger partial charge on any atom is 0.250 e. The summed E-state index contributed by atoms with van der Waals surface area (Å²) < 4.78 is 24.7. The number of hydrogen-bond donors (Lipinski definition) is 1. The minimum absolute atomic E-state index is 0.0432. The molecule has 0 unspecified atom stereocenters. The fourth-order valence-electron chi connectivity index (χ4n) is 4.51. The number of furan rings is 2. The topological polar surface area (TPSA) is 119 Å². The number of nitrogens with one attached hydrogen (secondary N) is 1. The molecule has 3 heterocycles. The predicted octanol–water partition coefficient (Wildman–Crippen LogP) is 3.80. The van der Waals surface area contributed by atoms with Crippen molar-refractivity contribution in [3.8, 4) is 11.6 Å². The summed E-state index contributed by atoms with van der Waals surface area (Å²) in [5.41, 5.74) is 0.651. The summed E-state index contributed by atoms with van der Waals surface area (Å²) >= 11 is 0. The highest BCUT2D eigenvalue weighted by molar-refractivity contribution is 5.88. The normalized spacial score (nSPS) is 14.5. The molecule has 0 saturated heterocycles. The van der Waals surface area contributed by atoms with Gasteiger partial charge in [-0.25, -0.2) is 4.39 Å². The Labute approximate surface area is 212 Å². The molecule has 0 radical (unpaired) electrons. The van der Waals surface area contributed by atoms with Crippen LogP contribution in [0.15, 0.2) is 63.6 Å². The summed E-state index contributed by atoms with van der Waals surface area (Å²) in [7, 11) is 0. The number of carbonyl (C=O) groups is 2. The van der Waals surface area contributed by atoms with E-state index in [0.717, 1.165) is 30.5 Å². The Morgan fingerprint density at radius 2 is 1.95 bits per heavy atom. The second-order valence-electron chi connectivity index (χ2n) is 9.11. The SMILES string of the molecule is Cc1ccc(-c2nnn(CC(=O)N(Cc3ccc(F)cc3)[C@H](C(=O)NC3CCCC3)c3ccco3)n2)o1. The van der Waals surface area contributed by atoms with Gasteiger partial charge in [0.2, 0.25) is 11.7 Å². The van der Waals surface area contributed by atoms with E-state index in [9.17, 15) is 14.0 Å². The summed E-state index contributed by atoms with van der Waals surface area (Å²) in [6.07, 6.45) is 5.33. The van der Waals surface area contributed by atoms with E-state index < -0.39 is 17.8 Å². The van der Waals surface area contributed by atoms with E-state index in [2.05, 4.69) is 20.7 Å². The first-order valence-electron chi connectivity index (χ1n) is 12.2. The van der Waals surface area contributed by atoms with Crippen molar-refractivity contribution < 1.29 is 22.8 Å². The number of amides is 2. The first kappa shape index (κ1) is 24.4. The first-order valence-corrected chi connectivity index (χ1v) is 12.2. The number of benzene rings is 1. The molecule has 0 aliphatic heterocycles. The molecular formula is C26H27FN6O4. The van der Waals surface area contributed by atoms with Crippen molar-refractivity contribution in [2.45, 2.75) is 57.8 Å². The average Bonchev–Trinajstić information content (AvgIpc) is 3.69. The molecule has 5 rings (SSSR count). The van der Waals surface area contributed by atoms with Crippen LogP contribution in [0.4, 0.5) is 4.39 Å². The van der Waals surface area contributed by atoms with Crippen molar-refractivity contribution in [2.24, 2.45) is 0 Å². The van der Waals surface area contributed by atoms with Crippen LogP contribution in [0.1, 0.15) is 48.8 Å². The number of tetrazole rings is 1. The summed E-state index contributed by atoms with van der Waals surface area (Å²) in [4.78, 5) is 29.8.